The fourth-order valence-electron chi connectivity index (χ4n) is 2.96. The molecular weight excluding hydrogens is 439 g/mol. The van der Waals surface area contributed by atoms with Crippen molar-refractivity contribution >= 4 is 27.1 Å². The molecule has 2 amide bonds. The van der Waals surface area contributed by atoms with Crippen molar-refractivity contribution in [1.29, 1.82) is 0 Å². The van der Waals surface area contributed by atoms with E-state index in [-0.39, 0.29) is 39.5 Å². The number of amides is 2. The second-order valence-electron chi connectivity index (χ2n) is 9.64. The van der Waals surface area contributed by atoms with Crippen LogP contribution < -0.4 is 10.6 Å². The van der Waals surface area contributed by atoms with E-state index in [1.807, 2.05) is 41.5 Å². The normalized spacial score (nSPS) is 20.1. The molecule has 0 radical (unpaired) electrons. The maximum atomic E-state index is 12.2. The van der Waals surface area contributed by atoms with E-state index in [9.17, 15) is 9.59 Å². The van der Waals surface area contributed by atoms with Crippen molar-refractivity contribution in [3.8, 4) is 0 Å². The number of rotatable bonds is 8. The van der Waals surface area contributed by atoms with Crippen molar-refractivity contribution in [1.82, 2.24) is 20.4 Å². The Kier molecular flexibility index (Phi) is 8.64. The van der Waals surface area contributed by atoms with Gasteiger partial charge in [-0.1, -0.05) is 0 Å². The summed E-state index contributed by atoms with van der Waals surface area (Å²) >= 11 is 0.255. The number of ether oxygens (including phenoxy) is 2. The van der Waals surface area contributed by atoms with Gasteiger partial charge < -0.3 is 0 Å². The van der Waals surface area contributed by atoms with Gasteiger partial charge in [0.05, 0.1) is 0 Å². The van der Waals surface area contributed by atoms with Crippen LogP contribution in [0, 0.1) is 0 Å². The van der Waals surface area contributed by atoms with Crippen LogP contribution in [0.3, 0.4) is 0 Å². The molecule has 168 valence electrons. The summed E-state index contributed by atoms with van der Waals surface area (Å²) in [5.41, 5.74) is -1.01. The number of likely N-dealkylation sites (tertiary alicyclic amines) is 2. The minimum absolute atomic E-state index is 0.00262. The van der Waals surface area contributed by atoms with E-state index in [0.717, 1.165) is 49.7 Å². The molecule has 9 heteroatoms. The Morgan fingerprint density at radius 2 is 1.14 bits per heavy atom. The average Bonchev–Trinajstić information content (AvgIpc) is 2.38. The van der Waals surface area contributed by atoms with Crippen LogP contribution in [0.2, 0.25) is 10.6 Å². The Morgan fingerprint density at radius 3 is 1.38 bits per heavy atom. The van der Waals surface area contributed by atoms with Crippen molar-refractivity contribution in [2.24, 2.45) is 0 Å². The molecule has 29 heavy (non-hydrogen) atoms. The van der Waals surface area contributed by atoms with Gasteiger partial charge >= 0.3 is 181 Å². The van der Waals surface area contributed by atoms with Gasteiger partial charge in [0.15, 0.2) is 0 Å². The fourth-order valence-corrected chi connectivity index (χ4v) is 5.42. The van der Waals surface area contributed by atoms with Crippen LogP contribution in [-0.2, 0) is 9.47 Å². The van der Waals surface area contributed by atoms with Crippen molar-refractivity contribution < 1.29 is 19.1 Å². The van der Waals surface area contributed by atoms with E-state index in [4.69, 9.17) is 9.47 Å². The second-order valence-corrected chi connectivity index (χ2v) is 11.9. The Labute approximate surface area is 181 Å². The fraction of sp³-hybridized carbons (Fsp3) is 0.900. The van der Waals surface area contributed by atoms with Crippen molar-refractivity contribution in [2.75, 3.05) is 26.2 Å². The summed E-state index contributed by atoms with van der Waals surface area (Å²) in [4.78, 5) is 29.0. The summed E-state index contributed by atoms with van der Waals surface area (Å²) in [7, 11) is 0. The Balaban J connectivity index is 1.84. The number of nitrogens with zero attached hydrogens (tertiary/aromatic N) is 2. The zero-order valence-electron chi connectivity index (χ0n) is 18.7. The van der Waals surface area contributed by atoms with Gasteiger partial charge in [0.2, 0.25) is 0 Å². The van der Waals surface area contributed by atoms with Gasteiger partial charge in [-0.25, -0.2) is 0 Å². The average molecular weight is 478 g/mol. The van der Waals surface area contributed by atoms with Gasteiger partial charge in [0.1, 0.15) is 0 Å². The Bertz CT molecular complexity index is 506. The molecule has 0 bridgehead atoms. The van der Waals surface area contributed by atoms with Crippen molar-refractivity contribution in [3.63, 3.8) is 0 Å². The molecule has 0 aromatic carbocycles. The third-order valence-electron chi connectivity index (χ3n) is 4.58. The van der Waals surface area contributed by atoms with Crippen LogP contribution in [0.4, 0.5) is 9.59 Å². The van der Waals surface area contributed by atoms with Gasteiger partial charge in [-0.3, -0.25) is 0 Å². The third-order valence-corrected chi connectivity index (χ3v) is 6.89. The first-order valence-corrected chi connectivity index (χ1v) is 12.9. The number of hydrogen-bond donors (Lipinski definition) is 2. The molecule has 0 unspecified atom stereocenters. The number of carbonyl (C=O) groups excluding carboxylic acids is 2. The molecular formula is C20H38N4O4Se. The Morgan fingerprint density at radius 1 is 0.793 bits per heavy atom. The van der Waals surface area contributed by atoms with Gasteiger partial charge in [-0.05, 0) is 0 Å². The first-order chi connectivity index (χ1) is 13.4. The summed E-state index contributed by atoms with van der Waals surface area (Å²) in [6, 6.07) is 0. The van der Waals surface area contributed by atoms with Gasteiger partial charge in [-0.2, -0.15) is 0 Å². The van der Waals surface area contributed by atoms with Crippen LogP contribution in [-0.4, -0.2) is 86.7 Å². The van der Waals surface area contributed by atoms with Gasteiger partial charge in [-0.15, -0.1) is 0 Å². The predicted octanol–water partition coefficient (Wildman–Crippen LogP) is 2.64. The van der Waals surface area contributed by atoms with Gasteiger partial charge in [0, 0.05) is 0 Å². The summed E-state index contributed by atoms with van der Waals surface area (Å²) in [5, 5.41) is 7.83. The third kappa shape index (κ3) is 9.11. The molecule has 0 saturated carbocycles. The summed E-state index contributed by atoms with van der Waals surface area (Å²) in [6.45, 7) is 15.2. The summed E-state index contributed by atoms with van der Waals surface area (Å²) in [5.74, 6) is 0. The van der Waals surface area contributed by atoms with Crippen LogP contribution in [0.5, 0.6) is 0 Å². The quantitative estimate of drug-likeness (QED) is 0.523. The second kappa shape index (κ2) is 10.3. The molecule has 2 aliphatic rings. The van der Waals surface area contributed by atoms with E-state index < -0.39 is 11.2 Å². The summed E-state index contributed by atoms with van der Waals surface area (Å²) < 4.78 is 10.9. The number of hydrogen-bond acceptors (Lipinski definition) is 6. The zero-order chi connectivity index (χ0) is 21.7. The van der Waals surface area contributed by atoms with Crippen molar-refractivity contribution in [3.05, 3.63) is 0 Å². The van der Waals surface area contributed by atoms with E-state index in [1.165, 1.54) is 0 Å². The van der Waals surface area contributed by atoms with Crippen LogP contribution in [0.15, 0.2) is 0 Å². The van der Waals surface area contributed by atoms with Crippen LogP contribution in [0.1, 0.15) is 54.4 Å². The number of alkyl carbamates (subject to hydrolysis) is 2. The van der Waals surface area contributed by atoms with Crippen molar-refractivity contribution in [2.45, 2.75) is 88.6 Å². The summed E-state index contributed by atoms with van der Waals surface area (Å²) in [6.07, 6.45) is 1.59. The monoisotopic (exact) mass is 478 g/mol. The van der Waals surface area contributed by atoms with Crippen LogP contribution in [0.25, 0.3) is 0 Å². The molecule has 2 N–H and O–H groups in total. The van der Waals surface area contributed by atoms with Crippen LogP contribution >= 0.6 is 0 Å². The first-order valence-electron chi connectivity index (χ1n) is 10.5. The van der Waals surface area contributed by atoms with E-state index in [2.05, 4.69) is 20.4 Å². The molecule has 0 aliphatic carbocycles. The topological polar surface area (TPSA) is 83.1 Å². The standard InChI is InChI=1S/C20H38N4O4Se/c1-19(2,3)27-17(25)21-15(23-9-7-10-23)13-29-14-16(24-11-8-12-24)22-18(26)28-20(4,5)6/h15-16H,7-14H2,1-6H3,(H,21,25)(H,22,26)/t15-,16-/m0/s1. The molecule has 0 aromatic rings. The Hall–Kier alpha value is -1.02. The van der Waals surface area contributed by atoms with Gasteiger partial charge in [0.25, 0.3) is 0 Å². The molecule has 2 heterocycles. The maximum absolute atomic E-state index is 12.2. The molecule has 2 fully saturated rings. The molecule has 2 rings (SSSR count). The predicted molar refractivity (Wildman–Crippen MR) is 114 cm³/mol. The van der Waals surface area contributed by atoms with E-state index in [0.29, 0.717) is 0 Å². The van der Waals surface area contributed by atoms with E-state index in [1.54, 1.807) is 0 Å². The zero-order valence-corrected chi connectivity index (χ0v) is 20.5. The molecule has 2 atom stereocenters. The van der Waals surface area contributed by atoms with E-state index >= 15 is 0 Å². The number of nitrogens with one attached hydrogen (secondary N) is 2. The molecule has 2 saturated heterocycles. The molecule has 0 aromatic heterocycles. The molecule has 0 spiro atoms. The molecule has 8 nitrogen and oxygen atoms in total. The SMILES string of the molecule is CC(C)(C)OC(=O)N[C@H](C[Se]C[C@@H](NC(=O)OC(C)(C)C)N1CCC1)N1CCC1. The number of carbonyl (C=O) groups is 2. The minimum atomic E-state index is -0.505. The molecule has 2 aliphatic heterocycles. The first kappa shape index (κ1) is 24.3.